The standard InChI is InChI=1S/C18H18N2O5S/c1-3-24-17(22)12-6-8-13(9-7-12)20-15(21)11-25-18(23)14-5-4-10-19-16(14)26-2/h4-10H,3,11H2,1-2H3,(H,20,21). The lowest BCUT2D eigenvalue weighted by Gasteiger charge is -2.08. The maximum absolute atomic E-state index is 12.1. The summed E-state index contributed by atoms with van der Waals surface area (Å²) in [4.78, 5) is 39.6. The number of amides is 1. The Bertz CT molecular complexity index is 792. The first-order chi connectivity index (χ1) is 12.5. The molecule has 0 saturated heterocycles. The predicted octanol–water partition coefficient (Wildman–Crippen LogP) is 2.78. The number of anilines is 1. The van der Waals surface area contributed by atoms with Gasteiger partial charge in [0.25, 0.3) is 5.91 Å². The summed E-state index contributed by atoms with van der Waals surface area (Å²) in [5.74, 6) is -1.53. The molecule has 0 radical (unpaired) electrons. The second-order valence-electron chi connectivity index (χ2n) is 4.98. The predicted molar refractivity (Wildman–Crippen MR) is 97.3 cm³/mol. The molecule has 1 heterocycles. The monoisotopic (exact) mass is 374 g/mol. The smallest absolute Gasteiger partial charge is 0.341 e. The third-order valence-corrected chi connectivity index (χ3v) is 3.91. The van der Waals surface area contributed by atoms with Gasteiger partial charge in [0, 0.05) is 11.9 Å². The lowest BCUT2D eigenvalue weighted by atomic mass is 10.2. The number of hydrogen-bond donors (Lipinski definition) is 1. The molecule has 1 aromatic heterocycles. The highest BCUT2D eigenvalue weighted by Gasteiger charge is 2.15. The lowest BCUT2D eigenvalue weighted by Crippen LogP contribution is -2.21. The molecule has 0 aliphatic rings. The van der Waals surface area contributed by atoms with Crippen molar-refractivity contribution in [3.8, 4) is 0 Å². The van der Waals surface area contributed by atoms with Crippen LogP contribution in [0.4, 0.5) is 5.69 Å². The van der Waals surface area contributed by atoms with Crippen LogP contribution in [-0.2, 0) is 14.3 Å². The molecule has 2 aromatic rings. The number of thioether (sulfide) groups is 1. The number of rotatable bonds is 7. The van der Waals surface area contributed by atoms with Gasteiger partial charge in [0.15, 0.2) is 6.61 Å². The van der Waals surface area contributed by atoms with E-state index in [4.69, 9.17) is 9.47 Å². The van der Waals surface area contributed by atoms with Crippen molar-refractivity contribution < 1.29 is 23.9 Å². The third-order valence-electron chi connectivity index (χ3n) is 3.20. The van der Waals surface area contributed by atoms with E-state index in [-0.39, 0.29) is 6.61 Å². The largest absolute Gasteiger partial charge is 0.462 e. The van der Waals surface area contributed by atoms with E-state index in [1.165, 1.54) is 11.8 Å². The van der Waals surface area contributed by atoms with Gasteiger partial charge in [0.1, 0.15) is 5.03 Å². The maximum atomic E-state index is 12.1. The average molecular weight is 374 g/mol. The number of aromatic nitrogens is 1. The SMILES string of the molecule is CCOC(=O)c1ccc(NC(=O)COC(=O)c2cccnc2SC)cc1. The molecule has 1 N–H and O–H groups in total. The Morgan fingerprint density at radius 2 is 1.81 bits per heavy atom. The molecule has 0 unspecified atom stereocenters. The van der Waals surface area contributed by atoms with Crippen molar-refractivity contribution in [1.82, 2.24) is 4.98 Å². The highest BCUT2D eigenvalue weighted by atomic mass is 32.2. The molecule has 0 atom stereocenters. The Balaban J connectivity index is 1.88. The molecule has 0 spiro atoms. The van der Waals surface area contributed by atoms with Crippen LogP contribution in [0.5, 0.6) is 0 Å². The first-order valence-electron chi connectivity index (χ1n) is 7.78. The van der Waals surface area contributed by atoms with E-state index < -0.39 is 24.5 Å². The molecule has 2 rings (SSSR count). The van der Waals surface area contributed by atoms with Crippen molar-refractivity contribution in [2.24, 2.45) is 0 Å². The van der Waals surface area contributed by atoms with Crippen LogP contribution in [0, 0.1) is 0 Å². The summed E-state index contributed by atoms with van der Waals surface area (Å²) < 4.78 is 9.90. The summed E-state index contributed by atoms with van der Waals surface area (Å²) in [5.41, 5.74) is 1.18. The molecule has 1 aromatic carbocycles. The molecule has 136 valence electrons. The normalized spacial score (nSPS) is 10.1. The van der Waals surface area contributed by atoms with E-state index in [1.807, 2.05) is 0 Å². The summed E-state index contributed by atoms with van der Waals surface area (Å²) in [6, 6.07) is 9.44. The van der Waals surface area contributed by atoms with Crippen molar-refractivity contribution >= 4 is 35.3 Å². The van der Waals surface area contributed by atoms with Gasteiger partial charge < -0.3 is 14.8 Å². The first-order valence-corrected chi connectivity index (χ1v) is 9.00. The molecule has 0 fully saturated rings. The molecule has 0 aliphatic carbocycles. The van der Waals surface area contributed by atoms with Crippen molar-refractivity contribution in [2.75, 3.05) is 24.8 Å². The number of pyridine rings is 1. The zero-order valence-corrected chi connectivity index (χ0v) is 15.2. The van der Waals surface area contributed by atoms with Gasteiger partial charge in [-0.2, -0.15) is 0 Å². The number of ether oxygens (including phenoxy) is 2. The van der Waals surface area contributed by atoms with E-state index in [0.29, 0.717) is 21.8 Å². The van der Waals surface area contributed by atoms with Crippen molar-refractivity contribution in [3.63, 3.8) is 0 Å². The topological polar surface area (TPSA) is 94.6 Å². The minimum Gasteiger partial charge on any atom is -0.462 e. The van der Waals surface area contributed by atoms with Crippen LogP contribution in [0.15, 0.2) is 47.6 Å². The highest BCUT2D eigenvalue weighted by molar-refractivity contribution is 7.98. The van der Waals surface area contributed by atoms with Crippen LogP contribution >= 0.6 is 11.8 Å². The average Bonchev–Trinajstić information content (AvgIpc) is 2.66. The fourth-order valence-electron chi connectivity index (χ4n) is 2.02. The molecule has 7 nitrogen and oxygen atoms in total. The molecular formula is C18H18N2O5S. The number of nitrogens with zero attached hydrogens (tertiary/aromatic N) is 1. The summed E-state index contributed by atoms with van der Waals surface area (Å²) in [7, 11) is 0. The van der Waals surface area contributed by atoms with Crippen LogP contribution in [-0.4, -0.2) is 42.3 Å². The Morgan fingerprint density at radius 1 is 1.08 bits per heavy atom. The Labute approximate surface area is 155 Å². The van der Waals surface area contributed by atoms with Crippen LogP contribution < -0.4 is 5.32 Å². The van der Waals surface area contributed by atoms with Gasteiger partial charge in [-0.05, 0) is 49.6 Å². The number of esters is 2. The van der Waals surface area contributed by atoms with Gasteiger partial charge in [-0.3, -0.25) is 4.79 Å². The molecule has 0 saturated carbocycles. The minimum atomic E-state index is -0.616. The van der Waals surface area contributed by atoms with Gasteiger partial charge >= 0.3 is 11.9 Å². The van der Waals surface area contributed by atoms with Crippen LogP contribution in [0.3, 0.4) is 0 Å². The van der Waals surface area contributed by atoms with Gasteiger partial charge in [-0.15, -0.1) is 11.8 Å². The molecule has 26 heavy (non-hydrogen) atoms. The maximum Gasteiger partial charge on any atom is 0.341 e. The fourth-order valence-corrected chi connectivity index (χ4v) is 2.56. The Morgan fingerprint density at radius 3 is 2.46 bits per heavy atom. The van der Waals surface area contributed by atoms with E-state index in [2.05, 4.69) is 10.3 Å². The minimum absolute atomic E-state index is 0.290. The van der Waals surface area contributed by atoms with E-state index in [0.717, 1.165) is 0 Å². The van der Waals surface area contributed by atoms with Gasteiger partial charge in [0.05, 0.1) is 17.7 Å². The van der Waals surface area contributed by atoms with Crippen molar-refractivity contribution in [3.05, 3.63) is 53.7 Å². The molecule has 0 bridgehead atoms. The van der Waals surface area contributed by atoms with Crippen LogP contribution in [0.25, 0.3) is 0 Å². The number of nitrogens with one attached hydrogen (secondary N) is 1. The van der Waals surface area contributed by atoms with Crippen molar-refractivity contribution in [1.29, 1.82) is 0 Å². The fraction of sp³-hybridized carbons (Fsp3) is 0.222. The number of carbonyl (C=O) groups is 3. The Hall–Kier alpha value is -2.87. The third kappa shape index (κ3) is 5.32. The van der Waals surface area contributed by atoms with E-state index >= 15 is 0 Å². The number of hydrogen-bond acceptors (Lipinski definition) is 7. The zero-order valence-electron chi connectivity index (χ0n) is 14.4. The molecular weight excluding hydrogens is 356 g/mol. The van der Waals surface area contributed by atoms with E-state index in [1.54, 1.807) is 55.8 Å². The van der Waals surface area contributed by atoms with Gasteiger partial charge in [-0.25, -0.2) is 14.6 Å². The van der Waals surface area contributed by atoms with Gasteiger partial charge in [0.2, 0.25) is 0 Å². The number of carbonyl (C=O) groups excluding carboxylic acids is 3. The Kier molecular flexibility index (Phi) is 7.16. The summed E-state index contributed by atoms with van der Waals surface area (Å²) >= 11 is 1.32. The molecule has 0 aliphatic heterocycles. The van der Waals surface area contributed by atoms with Crippen molar-refractivity contribution in [2.45, 2.75) is 11.9 Å². The number of benzene rings is 1. The molecule has 1 amide bonds. The second kappa shape index (κ2) is 9.57. The quantitative estimate of drug-likeness (QED) is 0.588. The van der Waals surface area contributed by atoms with Crippen LogP contribution in [0.1, 0.15) is 27.6 Å². The molecule has 8 heteroatoms. The first kappa shape index (κ1) is 19.5. The summed E-state index contributed by atoms with van der Waals surface area (Å²) in [6.45, 7) is 1.58. The highest BCUT2D eigenvalue weighted by Crippen LogP contribution is 2.17. The zero-order chi connectivity index (χ0) is 18.9. The second-order valence-corrected chi connectivity index (χ2v) is 5.78. The van der Waals surface area contributed by atoms with Gasteiger partial charge in [-0.1, -0.05) is 0 Å². The lowest BCUT2D eigenvalue weighted by molar-refractivity contribution is -0.119. The summed E-state index contributed by atoms with van der Waals surface area (Å²) in [5, 5.41) is 3.12. The van der Waals surface area contributed by atoms with E-state index in [9.17, 15) is 14.4 Å². The summed E-state index contributed by atoms with van der Waals surface area (Å²) in [6.07, 6.45) is 3.38. The van der Waals surface area contributed by atoms with Crippen LogP contribution in [0.2, 0.25) is 0 Å².